The molecular formula is C8H4BrClLi2NO4P. The molecule has 0 aliphatic rings. The molecule has 2 aromatic rings. The third-order valence-electron chi connectivity index (χ3n) is 1.91. The van der Waals surface area contributed by atoms with Crippen LogP contribution < -0.4 is 52.0 Å². The Labute approximate surface area is 140 Å². The van der Waals surface area contributed by atoms with Gasteiger partial charge >= 0.3 is 37.7 Å². The van der Waals surface area contributed by atoms with E-state index in [4.69, 9.17) is 11.6 Å². The molecule has 0 saturated heterocycles. The predicted molar refractivity (Wildman–Crippen MR) is 59.2 cm³/mol. The molecule has 0 aliphatic carbocycles. The first kappa shape index (κ1) is 18.7. The molecule has 1 aromatic carbocycles. The topological polar surface area (TPSA) is 88.2 Å². The standard InChI is InChI=1S/C8H6BrClNO4P.2Li/c9-4-1-2-5-7(8(4)10)6(3-11-5)15-16(12,13)14;;/h1-3,11H,(H2,12,13,14);;/q;2*+1/p-2. The summed E-state index contributed by atoms with van der Waals surface area (Å²) >= 11 is 9.15. The van der Waals surface area contributed by atoms with Crippen molar-refractivity contribution in [2.75, 3.05) is 0 Å². The van der Waals surface area contributed by atoms with E-state index in [1.165, 1.54) is 6.20 Å². The summed E-state index contributed by atoms with van der Waals surface area (Å²) in [4.78, 5) is 23.8. The minimum absolute atomic E-state index is 0. The number of rotatable bonds is 2. The van der Waals surface area contributed by atoms with Crippen LogP contribution in [0.15, 0.2) is 22.8 Å². The van der Waals surface area contributed by atoms with E-state index < -0.39 is 7.82 Å². The summed E-state index contributed by atoms with van der Waals surface area (Å²) in [6.07, 6.45) is 1.27. The van der Waals surface area contributed by atoms with Gasteiger partial charge in [0.2, 0.25) is 0 Å². The molecule has 1 heterocycles. The average molecular weight is 338 g/mol. The number of H-pyrrole nitrogens is 1. The Morgan fingerprint density at radius 2 is 1.94 bits per heavy atom. The van der Waals surface area contributed by atoms with Crippen LogP contribution in [0.1, 0.15) is 0 Å². The predicted octanol–water partition coefficient (Wildman–Crippen LogP) is -4.20. The molecule has 2 rings (SSSR count). The van der Waals surface area contributed by atoms with Crippen molar-refractivity contribution in [3.05, 3.63) is 27.8 Å². The third-order valence-corrected chi connectivity index (χ3v) is 3.61. The van der Waals surface area contributed by atoms with Crippen LogP contribution >= 0.6 is 35.4 Å². The van der Waals surface area contributed by atoms with Gasteiger partial charge in [-0.15, -0.1) is 0 Å². The fraction of sp³-hybridized carbons (Fsp3) is 0. The van der Waals surface area contributed by atoms with Crippen LogP contribution in [0.4, 0.5) is 0 Å². The Bertz CT molecular complexity index is 602. The number of phosphoric ester groups is 1. The van der Waals surface area contributed by atoms with Crippen LogP contribution in [0.25, 0.3) is 10.9 Å². The van der Waals surface area contributed by atoms with Crippen LogP contribution in [-0.2, 0) is 4.57 Å². The second-order valence-corrected chi connectivity index (χ2v) is 5.28. The Morgan fingerprint density at radius 1 is 1.33 bits per heavy atom. The fourth-order valence-corrected chi connectivity index (χ4v) is 2.29. The second kappa shape index (κ2) is 6.91. The molecule has 1 N–H and O–H groups in total. The van der Waals surface area contributed by atoms with Crippen molar-refractivity contribution in [1.29, 1.82) is 0 Å². The van der Waals surface area contributed by atoms with E-state index >= 15 is 0 Å². The minimum atomic E-state index is -5.09. The summed E-state index contributed by atoms with van der Waals surface area (Å²) in [6.45, 7) is 0. The van der Waals surface area contributed by atoms with Crippen LogP contribution in [0, 0.1) is 0 Å². The van der Waals surface area contributed by atoms with Crippen molar-refractivity contribution in [1.82, 2.24) is 4.98 Å². The van der Waals surface area contributed by atoms with Gasteiger partial charge in [-0.25, -0.2) is 0 Å². The van der Waals surface area contributed by atoms with E-state index in [-0.39, 0.29) is 48.5 Å². The zero-order valence-corrected chi connectivity index (χ0v) is 12.8. The molecule has 0 unspecified atom stereocenters. The maximum atomic E-state index is 10.5. The van der Waals surface area contributed by atoms with E-state index in [0.29, 0.717) is 15.4 Å². The van der Waals surface area contributed by atoms with Crippen molar-refractivity contribution >= 4 is 46.3 Å². The largest absolute Gasteiger partial charge is 1.00 e. The summed E-state index contributed by atoms with van der Waals surface area (Å²) in [6, 6.07) is 3.37. The monoisotopic (exact) mass is 337 g/mol. The number of hydrogen-bond donors (Lipinski definition) is 1. The van der Waals surface area contributed by atoms with Gasteiger partial charge in [-0.2, -0.15) is 0 Å². The zero-order valence-electron chi connectivity index (χ0n) is 9.57. The van der Waals surface area contributed by atoms with Crippen molar-refractivity contribution in [2.24, 2.45) is 0 Å². The van der Waals surface area contributed by atoms with E-state index in [2.05, 4.69) is 25.4 Å². The van der Waals surface area contributed by atoms with Gasteiger partial charge in [0.15, 0.2) is 5.75 Å². The molecular weight excluding hydrogens is 334 g/mol. The third kappa shape index (κ3) is 4.08. The van der Waals surface area contributed by atoms with Crippen LogP contribution in [-0.4, -0.2) is 4.98 Å². The van der Waals surface area contributed by atoms with Gasteiger partial charge in [-0.1, -0.05) is 11.6 Å². The first-order chi connectivity index (χ1) is 7.38. The number of nitrogens with one attached hydrogen (secondary N) is 1. The average Bonchev–Trinajstić information content (AvgIpc) is 2.53. The molecule has 0 saturated carbocycles. The fourth-order valence-electron chi connectivity index (χ4n) is 1.32. The van der Waals surface area contributed by atoms with Crippen molar-refractivity contribution in [3.63, 3.8) is 0 Å². The molecule has 10 heteroatoms. The first-order valence-electron chi connectivity index (χ1n) is 4.05. The molecule has 0 radical (unpaired) electrons. The maximum absolute atomic E-state index is 10.5. The Hall–Kier alpha value is 0.675. The molecule has 5 nitrogen and oxygen atoms in total. The Balaban J connectivity index is 0.00000144. The molecule has 1 aromatic heterocycles. The molecule has 0 amide bonds. The van der Waals surface area contributed by atoms with Crippen LogP contribution in [0.3, 0.4) is 0 Å². The normalized spacial score (nSPS) is 10.7. The summed E-state index contributed by atoms with van der Waals surface area (Å²) in [5.74, 6) is -0.102. The smallest absolute Gasteiger partial charge is 0.780 e. The number of aromatic amines is 1. The van der Waals surface area contributed by atoms with Gasteiger partial charge in [-0.3, -0.25) is 0 Å². The van der Waals surface area contributed by atoms with Crippen molar-refractivity contribution < 1.29 is 56.6 Å². The summed E-state index contributed by atoms with van der Waals surface area (Å²) in [7, 11) is -5.09. The Morgan fingerprint density at radius 3 is 2.50 bits per heavy atom. The summed E-state index contributed by atoms with van der Waals surface area (Å²) in [5, 5.41) is 0.630. The molecule has 0 atom stereocenters. The molecule has 0 aliphatic heterocycles. The van der Waals surface area contributed by atoms with Gasteiger partial charge in [0.25, 0.3) is 0 Å². The van der Waals surface area contributed by atoms with Crippen LogP contribution in [0.5, 0.6) is 5.75 Å². The number of aromatic nitrogens is 1. The number of fused-ring (bicyclic) bond motifs is 1. The number of halogens is 2. The SMILES string of the molecule is O=P([O-])([O-])Oc1c[nH]c2ccc(Br)c(Cl)c12.[Li+].[Li+]. The molecule has 18 heavy (non-hydrogen) atoms. The maximum Gasteiger partial charge on any atom is 1.00 e. The van der Waals surface area contributed by atoms with Crippen molar-refractivity contribution in [3.8, 4) is 5.75 Å². The summed E-state index contributed by atoms with van der Waals surface area (Å²) < 4.78 is 15.4. The first-order valence-corrected chi connectivity index (χ1v) is 6.68. The number of phosphoric acid groups is 1. The van der Waals surface area contributed by atoms with E-state index in [1.807, 2.05) is 0 Å². The number of hydrogen-bond acceptors (Lipinski definition) is 4. The van der Waals surface area contributed by atoms with Crippen molar-refractivity contribution in [2.45, 2.75) is 0 Å². The molecule has 0 bridgehead atoms. The van der Waals surface area contributed by atoms with Gasteiger partial charge in [0, 0.05) is 10.7 Å². The van der Waals surface area contributed by atoms with E-state index in [1.54, 1.807) is 12.1 Å². The van der Waals surface area contributed by atoms with E-state index in [9.17, 15) is 14.4 Å². The second-order valence-electron chi connectivity index (χ2n) is 2.98. The van der Waals surface area contributed by atoms with Gasteiger partial charge in [-0.05, 0) is 28.1 Å². The molecule has 0 fully saturated rings. The summed E-state index contributed by atoms with van der Waals surface area (Å²) in [5.41, 5.74) is 0.580. The quantitative estimate of drug-likeness (QED) is 0.444. The number of benzene rings is 1. The zero-order chi connectivity index (χ0) is 11.9. The van der Waals surface area contributed by atoms with Gasteiger partial charge in [0.05, 0.1) is 15.9 Å². The van der Waals surface area contributed by atoms with Gasteiger partial charge in [0.1, 0.15) is 7.82 Å². The van der Waals surface area contributed by atoms with E-state index in [0.717, 1.165) is 0 Å². The van der Waals surface area contributed by atoms with Gasteiger partial charge < -0.3 is 23.9 Å². The molecule has 0 spiro atoms. The molecule has 86 valence electrons. The Kier molecular flexibility index (Phi) is 7.17. The minimum Gasteiger partial charge on any atom is -0.780 e. The van der Waals surface area contributed by atoms with Crippen LogP contribution in [0.2, 0.25) is 5.02 Å².